The molecule has 2 N–H and O–H groups in total. The molecule has 0 aliphatic carbocycles. The fourth-order valence-corrected chi connectivity index (χ4v) is 2.93. The molecule has 1 aromatic heterocycles. The second-order valence-electron chi connectivity index (χ2n) is 5.87. The molecule has 5 nitrogen and oxygen atoms in total. The number of rotatable bonds is 3. The lowest BCUT2D eigenvalue weighted by molar-refractivity contribution is 0.102. The van der Waals surface area contributed by atoms with Gasteiger partial charge in [0.2, 0.25) is 5.55 Å². The minimum atomic E-state index is -0.390. The third-order valence-electron chi connectivity index (χ3n) is 4.27. The number of amides is 1. The predicted molar refractivity (Wildman–Crippen MR) is 101 cm³/mol. The van der Waals surface area contributed by atoms with Crippen LogP contribution in [0, 0.1) is 5.41 Å². The maximum atomic E-state index is 12.6. The summed E-state index contributed by atoms with van der Waals surface area (Å²) in [5.74, 6) is 0.315. The van der Waals surface area contributed by atoms with Crippen molar-refractivity contribution in [2.24, 2.45) is 0 Å². The van der Waals surface area contributed by atoms with Crippen molar-refractivity contribution in [3.63, 3.8) is 0 Å². The first-order valence-electron chi connectivity index (χ1n) is 8.11. The summed E-state index contributed by atoms with van der Waals surface area (Å²) >= 11 is 0. The number of anilines is 1. The van der Waals surface area contributed by atoms with Crippen LogP contribution in [0.25, 0.3) is 21.7 Å². The van der Waals surface area contributed by atoms with E-state index in [0.29, 0.717) is 17.0 Å². The zero-order chi connectivity index (χ0) is 18.1. The number of benzene rings is 3. The van der Waals surface area contributed by atoms with Crippen LogP contribution >= 0.6 is 0 Å². The van der Waals surface area contributed by atoms with Gasteiger partial charge in [0.1, 0.15) is 16.9 Å². The molecule has 4 rings (SSSR count). The molecule has 0 saturated heterocycles. The van der Waals surface area contributed by atoms with Crippen molar-refractivity contribution in [3.05, 3.63) is 77.8 Å². The van der Waals surface area contributed by atoms with Crippen LogP contribution in [0.1, 0.15) is 10.4 Å². The highest BCUT2D eigenvalue weighted by atomic mass is 16.5. The van der Waals surface area contributed by atoms with Crippen LogP contribution in [0.15, 0.2) is 71.1 Å². The van der Waals surface area contributed by atoms with Gasteiger partial charge in [-0.15, -0.1) is 0 Å². The van der Waals surface area contributed by atoms with Crippen molar-refractivity contribution < 1.29 is 13.9 Å². The number of hydrogen-bond donors (Lipinski definition) is 2. The fraction of sp³-hybridized carbons (Fsp3) is 0.0476. The molecule has 0 aliphatic rings. The number of methoxy groups -OCH3 is 1. The van der Waals surface area contributed by atoms with Crippen LogP contribution in [0.3, 0.4) is 0 Å². The van der Waals surface area contributed by atoms with Gasteiger partial charge in [-0.3, -0.25) is 10.2 Å². The highest BCUT2D eigenvalue weighted by Gasteiger charge is 2.13. The van der Waals surface area contributed by atoms with Gasteiger partial charge >= 0.3 is 0 Å². The molecule has 0 radical (unpaired) electrons. The van der Waals surface area contributed by atoms with E-state index >= 15 is 0 Å². The summed E-state index contributed by atoms with van der Waals surface area (Å²) in [6.45, 7) is 0. The van der Waals surface area contributed by atoms with Gasteiger partial charge in [0.05, 0.1) is 7.11 Å². The predicted octanol–water partition coefficient (Wildman–Crippen LogP) is 4.33. The Kier molecular flexibility index (Phi) is 3.89. The Morgan fingerprint density at radius 2 is 1.77 bits per heavy atom. The minimum Gasteiger partial charge on any atom is -0.497 e. The van der Waals surface area contributed by atoms with Crippen LogP contribution in [0.5, 0.6) is 5.75 Å². The van der Waals surface area contributed by atoms with Crippen molar-refractivity contribution in [3.8, 4) is 5.75 Å². The smallest absolute Gasteiger partial charge is 0.261 e. The van der Waals surface area contributed by atoms with Crippen molar-refractivity contribution in [1.29, 1.82) is 5.41 Å². The van der Waals surface area contributed by atoms with E-state index in [2.05, 4.69) is 5.32 Å². The highest BCUT2D eigenvalue weighted by molar-refractivity contribution is 6.10. The molecule has 0 aliphatic heterocycles. The molecule has 0 unspecified atom stereocenters. The Bertz CT molecular complexity index is 1180. The molecule has 0 fully saturated rings. The number of hydrogen-bond acceptors (Lipinski definition) is 4. The van der Waals surface area contributed by atoms with Crippen molar-refractivity contribution in [2.75, 3.05) is 12.4 Å². The lowest BCUT2D eigenvalue weighted by atomic mass is 10.0. The number of nitrogens with one attached hydrogen (secondary N) is 2. The van der Waals surface area contributed by atoms with Crippen LogP contribution in [0.4, 0.5) is 5.69 Å². The standard InChI is InChI=1S/C21H16N2O3/c1-25-15-9-7-14(8-10-15)23-21(24)18-12-17-16-5-3-2-4-13(16)6-11-19(17)26-20(18)22/h2-12,22H,1H3,(H,23,24). The van der Waals surface area contributed by atoms with Gasteiger partial charge in [-0.25, -0.2) is 0 Å². The number of fused-ring (bicyclic) bond motifs is 3. The second kappa shape index (κ2) is 6.37. The van der Waals surface area contributed by atoms with Crippen LogP contribution in [-0.2, 0) is 0 Å². The third kappa shape index (κ3) is 2.80. The quantitative estimate of drug-likeness (QED) is 0.543. The summed E-state index contributed by atoms with van der Waals surface area (Å²) in [7, 11) is 1.58. The first kappa shape index (κ1) is 15.9. The Morgan fingerprint density at radius 3 is 2.54 bits per heavy atom. The van der Waals surface area contributed by atoms with Gasteiger partial charge in [-0.1, -0.05) is 30.3 Å². The molecule has 0 spiro atoms. The molecule has 1 amide bonds. The maximum absolute atomic E-state index is 12.6. The van der Waals surface area contributed by atoms with Crippen molar-refractivity contribution in [1.82, 2.24) is 0 Å². The summed E-state index contributed by atoms with van der Waals surface area (Å²) in [5.41, 5.74) is 1.21. The average Bonchev–Trinajstić information content (AvgIpc) is 2.67. The van der Waals surface area contributed by atoms with E-state index in [1.54, 1.807) is 37.4 Å². The first-order chi connectivity index (χ1) is 12.7. The van der Waals surface area contributed by atoms with Gasteiger partial charge in [0.25, 0.3) is 5.91 Å². The molecule has 0 atom stereocenters. The Hall–Kier alpha value is -3.60. The molecule has 0 saturated carbocycles. The summed E-state index contributed by atoms with van der Waals surface area (Å²) in [5, 5.41) is 13.7. The Morgan fingerprint density at radius 1 is 1.00 bits per heavy atom. The topological polar surface area (TPSA) is 75.3 Å². The van der Waals surface area contributed by atoms with E-state index < -0.39 is 5.91 Å². The monoisotopic (exact) mass is 344 g/mol. The summed E-state index contributed by atoms with van der Waals surface area (Å²) in [4.78, 5) is 12.6. The van der Waals surface area contributed by atoms with Gasteiger partial charge in [0, 0.05) is 11.1 Å². The van der Waals surface area contributed by atoms with E-state index in [1.165, 1.54) is 0 Å². The van der Waals surface area contributed by atoms with Crippen LogP contribution in [-0.4, -0.2) is 13.0 Å². The van der Waals surface area contributed by atoms with Crippen LogP contribution in [0.2, 0.25) is 0 Å². The minimum absolute atomic E-state index is 0.168. The Balaban J connectivity index is 1.77. The fourth-order valence-electron chi connectivity index (χ4n) is 2.93. The van der Waals surface area contributed by atoms with Gasteiger partial charge in [-0.2, -0.15) is 0 Å². The molecule has 4 aromatic rings. The maximum Gasteiger partial charge on any atom is 0.261 e. The van der Waals surface area contributed by atoms with Gasteiger partial charge in [0.15, 0.2) is 0 Å². The van der Waals surface area contributed by atoms with E-state index in [4.69, 9.17) is 14.6 Å². The zero-order valence-corrected chi connectivity index (χ0v) is 14.1. The third-order valence-corrected chi connectivity index (χ3v) is 4.27. The second-order valence-corrected chi connectivity index (χ2v) is 5.87. The van der Waals surface area contributed by atoms with Gasteiger partial charge < -0.3 is 14.5 Å². The average molecular weight is 344 g/mol. The lowest BCUT2D eigenvalue weighted by Gasteiger charge is -2.08. The molecular weight excluding hydrogens is 328 g/mol. The summed E-state index contributed by atoms with van der Waals surface area (Å²) in [6, 6.07) is 20.4. The van der Waals surface area contributed by atoms with Crippen molar-refractivity contribution >= 4 is 33.3 Å². The molecule has 1 heterocycles. The molecule has 5 heteroatoms. The van der Waals surface area contributed by atoms with Gasteiger partial charge in [-0.05, 0) is 47.2 Å². The number of carbonyl (C=O) groups excluding carboxylic acids is 1. The Labute approximate surface area is 149 Å². The SMILES string of the molecule is COc1ccc(NC(=O)c2cc3c(ccc4ccccc43)oc2=N)cc1. The molecule has 128 valence electrons. The van der Waals surface area contributed by atoms with Crippen molar-refractivity contribution in [2.45, 2.75) is 0 Å². The lowest BCUT2D eigenvalue weighted by Crippen LogP contribution is -2.20. The van der Waals surface area contributed by atoms with Crippen LogP contribution < -0.4 is 15.6 Å². The van der Waals surface area contributed by atoms with E-state index in [9.17, 15) is 4.79 Å². The van der Waals surface area contributed by atoms with E-state index in [1.807, 2.05) is 36.4 Å². The normalized spacial score (nSPS) is 10.8. The number of carbonyl (C=O) groups is 1. The molecule has 3 aromatic carbocycles. The van der Waals surface area contributed by atoms with E-state index in [-0.39, 0.29) is 11.1 Å². The largest absolute Gasteiger partial charge is 0.497 e. The zero-order valence-electron chi connectivity index (χ0n) is 14.1. The summed E-state index contributed by atoms with van der Waals surface area (Å²) in [6.07, 6.45) is 0. The molecule has 26 heavy (non-hydrogen) atoms. The molecule has 0 bridgehead atoms. The highest BCUT2D eigenvalue weighted by Crippen LogP contribution is 2.25. The van der Waals surface area contributed by atoms with E-state index in [0.717, 1.165) is 16.2 Å². The summed E-state index contributed by atoms with van der Waals surface area (Å²) < 4.78 is 10.7. The molecular formula is C21H16N2O3. The number of ether oxygens (including phenoxy) is 1. The first-order valence-corrected chi connectivity index (χ1v) is 8.11.